The van der Waals surface area contributed by atoms with E-state index in [4.69, 9.17) is 4.74 Å². The summed E-state index contributed by atoms with van der Waals surface area (Å²) in [5.41, 5.74) is 2.52. The number of morpholine rings is 1. The van der Waals surface area contributed by atoms with Gasteiger partial charge in [-0.1, -0.05) is 18.2 Å². The molecule has 0 radical (unpaired) electrons. The van der Waals surface area contributed by atoms with Gasteiger partial charge in [0.1, 0.15) is 6.10 Å². The SMILES string of the molecule is CNc1ccc([C@H]2CN(C(=O)c3ccccc3)CCO2)nc1. The van der Waals surface area contributed by atoms with E-state index in [0.717, 1.165) is 11.4 Å². The number of aromatic nitrogens is 1. The van der Waals surface area contributed by atoms with Gasteiger partial charge in [0.25, 0.3) is 5.91 Å². The minimum absolute atomic E-state index is 0.0424. The van der Waals surface area contributed by atoms with Crippen LogP contribution >= 0.6 is 0 Å². The van der Waals surface area contributed by atoms with E-state index in [-0.39, 0.29) is 12.0 Å². The highest BCUT2D eigenvalue weighted by Crippen LogP contribution is 2.22. The van der Waals surface area contributed by atoms with Crippen LogP contribution in [-0.4, -0.2) is 42.5 Å². The molecule has 5 nitrogen and oxygen atoms in total. The number of ether oxygens (including phenoxy) is 1. The summed E-state index contributed by atoms with van der Waals surface area (Å²) in [6.45, 7) is 1.66. The van der Waals surface area contributed by atoms with Gasteiger partial charge in [-0.05, 0) is 24.3 Å². The van der Waals surface area contributed by atoms with E-state index in [1.165, 1.54) is 0 Å². The molecule has 1 atom stereocenters. The van der Waals surface area contributed by atoms with Gasteiger partial charge in [-0.25, -0.2) is 0 Å². The number of benzene rings is 1. The number of pyridine rings is 1. The van der Waals surface area contributed by atoms with Gasteiger partial charge in [-0.15, -0.1) is 0 Å². The fourth-order valence-corrected chi connectivity index (χ4v) is 2.52. The van der Waals surface area contributed by atoms with Crippen LogP contribution in [-0.2, 0) is 4.74 Å². The smallest absolute Gasteiger partial charge is 0.254 e. The van der Waals surface area contributed by atoms with Crippen LogP contribution in [0.2, 0.25) is 0 Å². The Bertz CT molecular complexity index is 628. The average molecular weight is 297 g/mol. The Morgan fingerprint density at radius 2 is 2.09 bits per heavy atom. The lowest BCUT2D eigenvalue weighted by atomic mass is 10.1. The molecule has 0 unspecified atom stereocenters. The molecular formula is C17H19N3O2. The molecule has 1 amide bonds. The minimum Gasteiger partial charge on any atom is -0.387 e. The van der Waals surface area contributed by atoms with Crippen molar-refractivity contribution >= 4 is 11.6 Å². The van der Waals surface area contributed by atoms with E-state index < -0.39 is 0 Å². The van der Waals surface area contributed by atoms with Crippen molar-refractivity contribution in [1.29, 1.82) is 0 Å². The van der Waals surface area contributed by atoms with Crippen LogP contribution in [0.15, 0.2) is 48.7 Å². The van der Waals surface area contributed by atoms with Crippen LogP contribution in [0.4, 0.5) is 5.69 Å². The first-order chi connectivity index (χ1) is 10.8. The topological polar surface area (TPSA) is 54.5 Å². The number of amides is 1. The molecule has 1 aliphatic rings. The summed E-state index contributed by atoms with van der Waals surface area (Å²) in [4.78, 5) is 18.8. The zero-order chi connectivity index (χ0) is 15.4. The van der Waals surface area contributed by atoms with Crippen LogP contribution in [0.25, 0.3) is 0 Å². The van der Waals surface area contributed by atoms with Gasteiger partial charge in [0.15, 0.2) is 0 Å². The molecule has 22 heavy (non-hydrogen) atoms. The Hall–Kier alpha value is -2.40. The Kier molecular flexibility index (Phi) is 4.34. The lowest BCUT2D eigenvalue weighted by Gasteiger charge is -2.32. The van der Waals surface area contributed by atoms with Crippen molar-refractivity contribution in [2.75, 3.05) is 32.1 Å². The zero-order valence-corrected chi connectivity index (χ0v) is 12.5. The van der Waals surface area contributed by atoms with Gasteiger partial charge in [0, 0.05) is 19.2 Å². The van der Waals surface area contributed by atoms with Crippen LogP contribution in [0, 0.1) is 0 Å². The quantitative estimate of drug-likeness (QED) is 0.945. The van der Waals surface area contributed by atoms with Gasteiger partial charge in [-0.3, -0.25) is 9.78 Å². The fraction of sp³-hybridized carbons (Fsp3) is 0.294. The first-order valence-corrected chi connectivity index (χ1v) is 7.37. The molecule has 0 saturated carbocycles. The molecule has 3 rings (SSSR count). The fourth-order valence-electron chi connectivity index (χ4n) is 2.52. The summed E-state index contributed by atoms with van der Waals surface area (Å²) < 4.78 is 5.78. The summed E-state index contributed by atoms with van der Waals surface area (Å²) >= 11 is 0. The second-order valence-electron chi connectivity index (χ2n) is 5.20. The van der Waals surface area contributed by atoms with E-state index >= 15 is 0 Å². The van der Waals surface area contributed by atoms with Gasteiger partial charge >= 0.3 is 0 Å². The summed E-state index contributed by atoms with van der Waals surface area (Å²) in [6, 6.07) is 13.2. The van der Waals surface area contributed by atoms with Gasteiger partial charge in [0.05, 0.1) is 30.7 Å². The summed E-state index contributed by atoms with van der Waals surface area (Å²) in [5, 5.41) is 3.04. The molecule has 1 saturated heterocycles. The molecule has 114 valence electrons. The number of nitrogens with one attached hydrogen (secondary N) is 1. The van der Waals surface area contributed by atoms with Gasteiger partial charge < -0.3 is 15.0 Å². The molecule has 1 N–H and O–H groups in total. The second kappa shape index (κ2) is 6.58. The highest BCUT2D eigenvalue weighted by Gasteiger charge is 2.26. The molecular weight excluding hydrogens is 278 g/mol. The highest BCUT2D eigenvalue weighted by atomic mass is 16.5. The maximum Gasteiger partial charge on any atom is 0.254 e. The van der Waals surface area contributed by atoms with Gasteiger partial charge in [-0.2, -0.15) is 0 Å². The molecule has 0 bridgehead atoms. The van der Waals surface area contributed by atoms with Crippen LogP contribution in [0.5, 0.6) is 0 Å². The number of hydrogen-bond acceptors (Lipinski definition) is 4. The van der Waals surface area contributed by atoms with E-state index in [0.29, 0.717) is 25.3 Å². The number of hydrogen-bond donors (Lipinski definition) is 1. The molecule has 1 fully saturated rings. The summed E-state index contributed by atoms with van der Waals surface area (Å²) in [5.74, 6) is 0.0424. The third-order valence-electron chi connectivity index (χ3n) is 3.78. The van der Waals surface area contributed by atoms with Crippen molar-refractivity contribution in [2.24, 2.45) is 0 Å². The molecule has 2 aromatic rings. The third-order valence-corrected chi connectivity index (χ3v) is 3.78. The first-order valence-electron chi connectivity index (χ1n) is 7.37. The number of nitrogens with zero attached hydrogens (tertiary/aromatic N) is 2. The first kappa shape index (κ1) is 14.5. The van der Waals surface area contributed by atoms with Crippen LogP contribution in [0.1, 0.15) is 22.2 Å². The number of anilines is 1. The van der Waals surface area contributed by atoms with Crippen molar-refractivity contribution in [1.82, 2.24) is 9.88 Å². The molecule has 0 aliphatic carbocycles. The lowest BCUT2D eigenvalue weighted by Crippen LogP contribution is -2.42. The van der Waals surface area contributed by atoms with Crippen molar-refractivity contribution in [3.05, 3.63) is 59.9 Å². The average Bonchev–Trinajstić information content (AvgIpc) is 2.62. The minimum atomic E-state index is -0.174. The number of carbonyl (C=O) groups is 1. The van der Waals surface area contributed by atoms with Crippen molar-refractivity contribution < 1.29 is 9.53 Å². The zero-order valence-electron chi connectivity index (χ0n) is 12.5. The maximum atomic E-state index is 12.5. The van der Waals surface area contributed by atoms with E-state index in [2.05, 4.69) is 10.3 Å². The summed E-state index contributed by atoms with van der Waals surface area (Å²) in [7, 11) is 1.86. The molecule has 5 heteroatoms. The monoisotopic (exact) mass is 297 g/mol. The molecule has 2 heterocycles. The molecule has 1 aliphatic heterocycles. The Labute approximate surface area is 129 Å². The normalized spacial score (nSPS) is 18.0. The van der Waals surface area contributed by atoms with Crippen LogP contribution < -0.4 is 5.32 Å². The molecule has 0 spiro atoms. The van der Waals surface area contributed by atoms with E-state index in [1.807, 2.05) is 54.4 Å². The second-order valence-corrected chi connectivity index (χ2v) is 5.20. The Morgan fingerprint density at radius 1 is 1.27 bits per heavy atom. The Balaban J connectivity index is 1.72. The van der Waals surface area contributed by atoms with Crippen molar-refractivity contribution in [2.45, 2.75) is 6.10 Å². The largest absolute Gasteiger partial charge is 0.387 e. The Morgan fingerprint density at radius 3 is 2.77 bits per heavy atom. The van der Waals surface area contributed by atoms with Crippen LogP contribution in [0.3, 0.4) is 0 Å². The highest BCUT2D eigenvalue weighted by molar-refractivity contribution is 5.94. The predicted octanol–water partition coefficient (Wildman–Crippen LogP) is 2.34. The van der Waals surface area contributed by atoms with Crippen molar-refractivity contribution in [3.8, 4) is 0 Å². The molecule has 1 aromatic heterocycles. The molecule has 1 aromatic carbocycles. The van der Waals surface area contributed by atoms with E-state index in [9.17, 15) is 4.79 Å². The number of rotatable bonds is 3. The number of carbonyl (C=O) groups excluding carboxylic acids is 1. The standard InChI is InChI=1S/C17H19N3O2/c1-18-14-7-8-15(19-11-14)16-12-20(9-10-22-16)17(21)13-5-3-2-4-6-13/h2-8,11,16,18H,9-10,12H2,1H3/t16-/m1/s1. The van der Waals surface area contributed by atoms with Gasteiger partial charge in [0.2, 0.25) is 0 Å². The lowest BCUT2D eigenvalue weighted by molar-refractivity contribution is -0.0247. The maximum absolute atomic E-state index is 12.5. The van der Waals surface area contributed by atoms with Crippen molar-refractivity contribution in [3.63, 3.8) is 0 Å². The third kappa shape index (κ3) is 3.09. The predicted molar refractivity (Wildman–Crippen MR) is 84.8 cm³/mol. The summed E-state index contributed by atoms with van der Waals surface area (Å²) in [6.07, 6.45) is 1.60. The van der Waals surface area contributed by atoms with E-state index in [1.54, 1.807) is 6.20 Å².